The number of likely N-dealkylation sites (N-methyl/N-ethyl adjacent to an activating group) is 1. The molecule has 1 aromatic carbocycles. The van der Waals surface area contributed by atoms with Gasteiger partial charge in [-0.05, 0) is 30.7 Å². The van der Waals surface area contributed by atoms with Crippen LogP contribution >= 0.6 is 0 Å². The van der Waals surface area contributed by atoms with Crippen LogP contribution in [0.25, 0.3) is 11.0 Å². The van der Waals surface area contributed by atoms with Crippen LogP contribution in [0.4, 0.5) is 0 Å². The van der Waals surface area contributed by atoms with Gasteiger partial charge >= 0.3 is 0 Å². The molecule has 1 aliphatic rings. The zero-order valence-corrected chi connectivity index (χ0v) is 13.6. The third kappa shape index (κ3) is 1.91. The normalized spacial score (nSPS) is 20.5. The molecule has 3 heterocycles. The molecular formula is C19H17N3O2. The molecule has 1 aliphatic heterocycles. The van der Waals surface area contributed by atoms with Crippen molar-refractivity contribution < 1.29 is 9.59 Å². The Morgan fingerprint density at radius 3 is 2.58 bits per heavy atom. The average molecular weight is 319 g/mol. The number of hydrogen-bond donors (Lipinski definition) is 0. The van der Waals surface area contributed by atoms with Crippen molar-refractivity contribution in [2.75, 3.05) is 7.05 Å². The maximum absolute atomic E-state index is 13.3. The number of fused-ring (bicyclic) bond motifs is 3. The lowest BCUT2D eigenvalue weighted by Gasteiger charge is -2.41. The van der Waals surface area contributed by atoms with Gasteiger partial charge in [0, 0.05) is 25.1 Å². The van der Waals surface area contributed by atoms with Gasteiger partial charge in [0.1, 0.15) is 16.9 Å². The molecule has 0 aliphatic carbocycles. The van der Waals surface area contributed by atoms with Crippen molar-refractivity contribution in [3.8, 4) is 0 Å². The molecule has 5 heteroatoms. The van der Waals surface area contributed by atoms with Gasteiger partial charge in [-0.1, -0.05) is 30.3 Å². The monoisotopic (exact) mass is 319 g/mol. The molecule has 1 atom stereocenters. The number of amides is 1. The molecular weight excluding hydrogens is 302 g/mol. The van der Waals surface area contributed by atoms with E-state index in [4.69, 9.17) is 0 Å². The van der Waals surface area contributed by atoms with Gasteiger partial charge in [0.15, 0.2) is 0 Å². The number of nitrogens with zero attached hydrogens (tertiary/aromatic N) is 3. The summed E-state index contributed by atoms with van der Waals surface area (Å²) in [4.78, 5) is 32.0. The standard InChI is InChI=1S/C19H17N3O2/c1-19(12-13-7-4-3-5-8-13)18(24)22-15(17(23)21(19)2)11-14-9-6-10-20-16(14)22/h3-11H,12H2,1-2H3. The van der Waals surface area contributed by atoms with Crippen LogP contribution < -0.4 is 0 Å². The molecule has 0 radical (unpaired) electrons. The number of carbonyl (C=O) groups is 2. The highest BCUT2D eigenvalue weighted by Gasteiger charge is 2.47. The van der Waals surface area contributed by atoms with Gasteiger partial charge < -0.3 is 4.90 Å². The molecule has 0 N–H and O–H groups in total. The molecule has 0 saturated carbocycles. The first-order valence-corrected chi connectivity index (χ1v) is 7.86. The van der Waals surface area contributed by atoms with Gasteiger partial charge in [-0.15, -0.1) is 0 Å². The third-order valence-corrected chi connectivity index (χ3v) is 4.88. The van der Waals surface area contributed by atoms with E-state index in [9.17, 15) is 9.59 Å². The fourth-order valence-corrected chi connectivity index (χ4v) is 3.37. The molecule has 0 bridgehead atoms. The minimum atomic E-state index is -0.949. The molecule has 0 spiro atoms. The van der Waals surface area contributed by atoms with Gasteiger partial charge in [-0.25, -0.2) is 4.98 Å². The van der Waals surface area contributed by atoms with Crippen LogP contribution in [0.3, 0.4) is 0 Å². The molecule has 5 nitrogen and oxygen atoms in total. The first kappa shape index (κ1) is 14.6. The quantitative estimate of drug-likeness (QED) is 0.730. The van der Waals surface area contributed by atoms with Crippen LogP contribution in [0, 0.1) is 0 Å². The Kier molecular flexibility index (Phi) is 3.06. The Hall–Kier alpha value is -2.95. The first-order valence-electron chi connectivity index (χ1n) is 7.86. The fourth-order valence-electron chi connectivity index (χ4n) is 3.37. The van der Waals surface area contributed by atoms with E-state index in [-0.39, 0.29) is 11.8 Å². The Bertz CT molecular complexity index is 961. The lowest BCUT2D eigenvalue weighted by atomic mass is 9.88. The van der Waals surface area contributed by atoms with Crippen molar-refractivity contribution >= 4 is 22.8 Å². The Morgan fingerprint density at radius 1 is 1.08 bits per heavy atom. The Labute approximate surface area is 139 Å². The molecule has 1 unspecified atom stereocenters. The van der Waals surface area contributed by atoms with Crippen LogP contribution in [0.2, 0.25) is 0 Å². The summed E-state index contributed by atoms with van der Waals surface area (Å²) in [5.41, 5.74) is 0.982. The minimum Gasteiger partial charge on any atom is -0.326 e. The highest BCUT2D eigenvalue weighted by molar-refractivity contribution is 6.11. The lowest BCUT2D eigenvalue weighted by Crippen LogP contribution is -2.60. The second kappa shape index (κ2) is 5.03. The lowest BCUT2D eigenvalue weighted by molar-refractivity contribution is 0.0388. The van der Waals surface area contributed by atoms with Crippen molar-refractivity contribution in [2.45, 2.75) is 18.9 Å². The maximum Gasteiger partial charge on any atom is 0.271 e. The summed E-state index contributed by atoms with van der Waals surface area (Å²) >= 11 is 0. The van der Waals surface area contributed by atoms with Crippen LogP contribution in [-0.2, 0) is 6.42 Å². The van der Waals surface area contributed by atoms with Crippen LogP contribution in [0.5, 0.6) is 0 Å². The Balaban J connectivity index is 1.89. The van der Waals surface area contributed by atoms with Crippen molar-refractivity contribution in [2.24, 2.45) is 0 Å². The highest BCUT2D eigenvalue weighted by atomic mass is 16.2. The van der Waals surface area contributed by atoms with E-state index in [1.54, 1.807) is 30.3 Å². The molecule has 4 rings (SSSR count). The summed E-state index contributed by atoms with van der Waals surface area (Å²) in [5, 5.41) is 0.798. The van der Waals surface area contributed by atoms with E-state index in [2.05, 4.69) is 4.98 Å². The van der Waals surface area contributed by atoms with Gasteiger partial charge in [0.2, 0.25) is 0 Å². The van der Waals surface area contributed by atoms with Crippen molar-refractivity contribution in [1.82, 2.24) is 14.5 Å². The van der Waals surface area contributed by atoms with E-state index in [0.29, 0.717) is 17.8 Å². The fraction of sp³-hybridized carbons (Fsp3) is 0.211. The van der Waals surface area contributed by atoms with Gasteiger partial charge in [-0.3, -0.25) is 14.2 Å². The summed E-state index contributed by atoms with van der Waals surface area (Å²) in [7, 11) is 1.69. The Morgan fingerprint density at radius 2 is 1.83 bits per heavy atom. The number of hydrogen-bond acceptors (Lipinski definition) is 3. The van der Waals surface area contributed by atoms with Crippen LogP contribution in [0.15, 0.2) is 54.7 Å². The van der Waals surface area contributed by atoms with Crippen molar-refractivity contribution in [3.63, 3.8) is 0 Å². The third-order valence-electron chi connectivity index (χ3n) is 4.88. The first-order chi connectivity index (χ1) is 11.5. The number of benzene rings is 1. The molecule has 0 fully saturated rings. The van der Waals surface area contributed by atoms with E-state index in [1.165, 1.54) is 4.57 Å². The number of aromatic nitrogens is 2. The predicted octanol–water partition coefficient (Wildman–Crippen LogP) is 2.76. The van der Waals surface area contributed by atoms with E-state index >= 15 is 0 Å². The summed E-state index contributed by atoms with van der Waals surface area (Å²) in [6.07, 6.45) is 2.10. The summed E-state index contributed by atoms with van der Waals surface area (Å²) in [6.45, 7) is 1.82. The molecule has 2 aromatic heterocycles. The number of pyridine rings is 1. The number of carbonyl (C=O) groups excluding carboxylic acids is 2. The van der Waals surface area contributed by atoms with Crippen molar-refractivity contribution in [1.29, 1.82) is 0 Å². The molecule has 1 amide bonds. The SMILES string of the molecule is CN1C(=O)c2cc3cccnc3n2C(=O)C1(C)Cc1ccccc1. The topological polar surface area (TPSA) is 55.2 Å². The summed E-state index contributed by atoms with van der Waals surface area (Å²) in [5.74, 6) is -0.289. The van der Waals surface area contributed by atoms with E-state index < -0.39 is 5.54 Å². The largest absolute Gasteiger partial charge is 0.326 e. The minimum absolute atomic E-state index is 0.128. The predicted molar refractivity (Wildman–Crippen MR) is 91.0 cm³/mol. The molecule has 120 valence electrons. The zero-order chi connectivity index (χ0) is 16.9. The van der Waals surface area contributed by atoms with Gasteiger partial charge in [-0.2, -0.15) is 0 Å². The van der Waals surface area contributed by atoms with Crippen LogP contribution in [0.1, 0.15) is 27.8 Å². The maximum atomic E-state index is 13.3. The number of rotatable bonds is 2. The smallest absolute Gasteiger partial charge is 0.271 e. The second-order valence-corrected chi connectivity index (χ2v) is 6.39. The van der Waals surface area contributed by atoms with Gasteiger partial charge in [0.25, 0.3) is 11.8 Å². The van der Waals surface area contributed by atoms with Crippen LogP contribution in [-0.4, -0.2) is 38.9 Å². The molecule has 3 aromatic rings. The summed E-state index contributed by atoms with van der Waals surface area (Å²) < 4.78 is 1.47. The van der Waals surface area contributed by atoms with E-state index in [1.807, 2.05) is 43.3 Å². The van der Waals surface area contributed by atoms with Gasteiger partial charge in [0.05, 0.1) is 0 Å². The van der Waals surface area contributed by atoms with E-state index in [0.717, 1.165) is 10.9 Å². The zero-order valence-electron chi connectivity index (χ0n) is 13.6. The molecule has 0 saturated heterocycles. The molecule has 24 heavy (non-hydrogen) atoms. The second-order valence-electron chi connectivity index (χ2n) is 6.39. The summed E-state index contributed by atoms with van der Waals surface area (Å²) in [6, 6.07) is 15.2. The highest BCUT2D eigenvalue weighted by Crippen LogP contribution is 2.32. The average Bonchev–Trinajstić information content (AvgIpc) is 2.99. The van der Waals surface area contributed by atoms with Crippen molar-refractivity contribution in [3.05, 3.63) is 66.0 Å².